The van der Waals surface area contributed by atoms with E-state index in [2.05, 4.69) is 20.6 Å². The predicted octanol–water partition coefficient (Wildman–Crippen LogP) is 5.61. The molecule has 0 spiro atoms. The van der Waals surface area contributed by atoms with Crippen LogP contribution in [-0.4, -0.2) is 39.6 Å². The van der Waals surface area contributed by atoms with Crippen LogP contribution in [0.2, 0.25) is 0 Å². The van der Waals surface area contributed by atoms with Crippen molar-refractivity contribution >= 4 is 29.8 Å². The third-order valence-corrected chi connectivity index (χ3v) is 3.20. The SMILES string of the molecule is CC(C)(C)OC(=O)Nc1cncc(C(F)F)c1.CC(C)(C)OC(=O)Nc1cncc(C=O)c1. The fraction of sp³-hybridized carbons (Fsp3) is 0.409. The summed E-state index contributed by atoms with van der Waals surface area (Å²) in [4.78, 5) is 40.6. The lowest BCUT2D eigenvalue weighted by molar-refractivity contribution is 0.0624. The topological polar surface area (TPSA) is 120 Å². The Hall–Kier alpha value is -3.63. The minimum atomic E-state index is -2.62. The average Bonchev–Trinajstić information content (AvgIpc) is 2.65. The van der Waals surface area contributed by atoms with Gasteiger partial charge in [0, 0.05) is 23.5 Å². The molecule has 9 nitrogen and oxygen atoms in total. The first kappa shape index (κ1) is 27.4. The van der Waals surface area contributed by atoms with Gasteiger partial charge in [-0.15, -0.1) is 0 Å². The van der Waals surface area contributed by atoms with Crippen LogP contribution in [0.25, 0.3) is 0 Å². The van der Waals surface area contributed by atoms with Crippen molar-refractivity contribution in [2.45, 2.75) is 59.2 Å². The molecule has 0 fully saturated rings. The number of rotatable bonds is 4. The Morgan fingerprint density at radius 3 is 1.73 bits per heavy atom. The molecule has 2 N–H and O–H groups in total. The second kappa shape index (κ2) is 11.8. The van der Waals surface area contributed by atoms with E-state index >= 15 is 0 Å². The first-order valence-electron chi connectivity index (χ1n) is 9.82. The van der Waals surface area contributed by atoms with Crippen molar-refractivity contribution in [1.29, 1.82) is 0 Å². The molecule has 0 radical (unpaired) electrons. The number of amides is 2. The maximum Gasteiger partial charge on any atom is 0.412 e. The molecule has 0 aliphatic carbocycles. The predicted molar refractivity (Wildman–Crippen MR) is 119 cm³/mol. The van der Waals surface area contributed by atoms with Crippen molar-refractivity contribution in [3.8, 4) is 0 Å². The number of pyridine rings is 2. The summed E-state index contributed by atoms with van der Waals surface area (Å²) in [7, 11) is 0. The molecule has 2 aromatic heterocycles. The Morgan fingerprint density at radius 2 is 1.30 bits per heavy atom. The first-order chi connectivity index (χ1) is 15.2. The molecule has 33 heavy (non-hydrogen) atoms. The van der Waals surface area contributed by atoms with Crippen molar-refractivity contribution in [3.63, 3.8) is 0 Å². The summed E-state index contributed by atoms with van der Waals surface area (Å²) >= 11 is 0. The number of halogens is 2. The van der Waals surface area contributed by atoms with Gasteiger partial charge in [0.25, 0.3) is 6.43 Å². The van der Waals surface area contributed by atoms with Gasteiger partial charge >= 0.3 is 12.2 Å². The molecule has 2 heterocycles. The van der Waals surface area contributed by atoms with Crippen molar-refractivity contribution in [1.82, 2.24) is 9.97 Å². The number of hydrogen-bond donors (Lipinski definition) is 2. The number of aromatic nitrogens is 2. The van der Waals surface area contributed by atoms with Crippen LogP contribution in [-0.2, 0) is 9.47 Å². The van der Waals surface area contributed by atoms with E-state index in [4.69, 9.17) is 9.47 Å². The summed E-state index contributed by atoms with van der Waals surface area (Å²) in [5, 5.41) is 4.83. The number of nitrogens with one attached hydrogen (secondary N) is 2. The summed E-state index contributed by atoms with van der Waals surface area (Å²) in [6.45, 7) is 10.4. The van der Waals surface area contributed by atoms with E-state index in [1.54, 1.807) is 41.5 Å². The van der Waals surface area contributed by atoms with E-state index in [-0.39, 0.29) is 11.3 Å². The Morgan fingerprint density at radius 1 is 0.848 bits per heavy atom. The second-order valence-electron chi connectivity index (χ2n) is 8.69. The third kappa shape index (κ3) is 12.1. The molecule has 2 rings (SSSR count). The van der Waals surface area contributed by atoms with Crippen molar-refractivity contribution < 1.29 is 32.6 Å². The van der Waals surface area contributed by atoms with Gasteiger partial charge in [0.2, 0.25) is 0 Å². The lowest BCUT2D eigenvalue weighted by Crippen LogP contribution is -2.27. The molecule has 0 saturated carbocycles. The van der Waals surface area contributed by atoms with E-state index in [0.29, 0.717) is 17.5 Å². The summed E-state index contributed by atoms with van der Waals surface area (Å²) in [5.41, 5.74) is -0.444. The lowest BCUT2D eigenvalue weighted by Gasteiger charge is -2.19. The molecule has 0 aliphatic rings. The van der Waals surface area contributed by atoms with Crippen molar-refractivity contribution in [2.24, 2.45) is 0 Å². The maximum absolute atomic E-state index is 12.4. The number of alkyl halides is 2. The van der Waals surface area contributed by atoms with Crippen LogP contribution >= 0.6 is 0 Å². The van der Waals surface area contributed by atoms with E-state index in [1.807, 2.05) is 0 Å². The summed E-state index contributed by atoms with van der Waals surface area (Å²) < 4.78 is 34.8. The van der Waals surface area contributed by atoms with Crippen LogP contribution in [0, 0.1) is 0 Å². The largest absolute Gasteiger partial charge is 0.444 e. The number of ether oxygens (including phenoxy) is 2. The van der Waals surface area contributed by atoms with Gasteiger partial charge in [-0.1, -0.05) is 0 Å². The average molecular weight is 466 g/mol. The molecule has 2 aromatic rings. The quantitative estimate of drug-likeness (QED) is 0.562. The molecular weight excluding hydrogens is 438 g/mol. The van der Waals surface area contributed by atoms with E-state index < -0.39 is 29.8 Å². The normalized spacial score (nSPS) is 11.1. The fourth-order valence-electron chi connectivity index (χ4n) is 2.08. The summed E-state index contributed by atoms with van der Waals surface area (Å²) in [6, 6.07) is 2.67. The summed E-state index contributed by atoms with van der Waals surface area (Å²) in [6.07, 6.45) is 1.93. The van der Waals surface area contributed by atoms with Crippen LogP contribution in [0.3, 0.4) is 0 Å². The molecule has 0 saturated heterocycles. The zero-order valence-corrected chi connectivity index (χ0v) is 19.3. The molecule has 0 atom stereocenters. The van der Waals surface area contributed by atoms with E-state index in [1.165, 1.54) is 24.7 Å². The van der Waals surface area contributed by atoms with Gasteiger partial charge in [-0.3, -0.25) is 25.4 Å². The number of anilines is 2. The maximum atomic E-state index is 12.4. The fourth-order valence-corrected chi connectivity index (χ4v) is 2.08. The highest BCUT2D eigenvalue weighted by Gasteiger charge is 2.17. The number of carbonyl (C=O) groups is 3. The highest BCUT2D eigenvalue weighted by molar-refractivity contribution is 5.86. The van der Waals surface area contributed by atoms with E-state index in [0.717, 1.165) is 12.3 Å². The Labute approximate surface area is 190 Å². The number of aldehydes is 1. The smallest absolute Gasteiger partial charge is 0.412 e. The number of hydrogen-bond acceptors (Lipinski definition) is 7. The highest BCUT2D eigenvalue weighted by atomic mass is 19.3. The van der Waals surface area contributed by atoms with Gasteiger partial charge < -0.3 is 9.47 Å². The third-order valence-electron chi connectivity index (χ3n) is 3.20. The summed E-state index contributed by atoms with van der Waals surface area (Å²) in [5.74, 6) is 0. The van der Waals surface area contributed by atoms with Crippen LogP contribution in [0.15, 0.2) is 36.9 Å². The zero-order valence-electron chi connectivity index (χ0n) is 19.3. The first-order valence-corrected chi connectivity index (χ1v) is 9.82. The van der Waals surface area contributed by atoms with Crippen molar-refractivity contribution in [2.75, 3.05) is 10.6 Å². The van der Waals surface area contributed by atoms with Crippen LogP contribution in [0.5, 0.6) is 0 Å². The molecule has 180 valence electrons. The minimum Gasteiger partial charge on any atom is -0.444 e. The van der Waals surface area contributed by atoms with Crippen LogP contribution in [0.1, 0.15) is 63.9 Å². The van der Waals surface area contributed by atoms with Gasteiger partial charge in [0.1, 0.15) is 11.2 Å². The molecule has 0 aliphatic heterocycles. The molecular formula is C22H28F2N4O5. The lowest BCUT2D eigenvalue weighted by atomic mass is 10.2. The van der Waals surface area contributed by atoms with Crippen molar-refractivity contribution in [3.05, 3.63) is 48.0 Å². The Balaban J connectivity index is 0.000000331. The van der Waals surface area contributed by atoms with Gasteiger partial charge in [0.05, 0.1) is 23.8 Å². The number of nitrogens with zero attached hydrogens (tertiary/aromatic N) is 2. The Bertz CT molecular complexity index is 956. The van der Waals surface area contributed by atoms with Gasteiger partial charge in [-0.25, -0.2) is 18.4 Å². The molecule has 11 heteroatoms. The monoisotopic (exact) mass is 466 g/mol. The highest BCUT2D eigenvalue weighted by Crippen LogP contribution is 2.20. The van der Waals surface area contributed by atoms with Gasteiger partial charge in [-0.2, -0.15) is 0 Å². The molecule has 0 bridgehead atoms. The Kier molecular flexibility index (Phi) is 9.83. The minimum absolute atomic E-state index is 0.178. The second-order valence-corrected chi connectivity index (χ2v) is 8.69. The van der Waals surface area contributed by atoms with Gasteiger partial charge in [0.15, 0.2) is 6.29 Å². The molecule has 2 amide bonds. The number of carbonyl (C=O) groups excluding carboxylic acids is 3. The van der Waals surface area contributed by atoms with Gasteiger partial charge in [-0.05, 0) is 53.7 Å². The molecule has 0 aromatic carbocycles. The zero-order chi connectivity index (χ0) is 25.2. The standard InChI is InChI=1S/C11H14F2N2O2.C11H14N2O3/c1-11(2,3)17-10(16)15-8-4-7(9(12)13)5-14-6-8;1-11(2,3)16-10(15)13-9-4-8(7-14)5-12-6-9/h4-6,9H,1-3H3,(H,15,16);4-7H,1-3H3,(H,13,15). The van der Waals surface area contributed by atoms with Crippen LogP contribution < -0.4 is 10.6 Å². The van der Waals surface area contributed by atoms with E-state index in [9.17, 15) is 23.2 Å². The molecule has 0 unspecified atom stereocenters. The van der Waals surface area contributed by atoms with Crippen LogP contribution in [0.4, 0.5) is 29.7 Å².